The fourth-order valence-electron chi connectivity index (χ4n) is 4.31. The predicted molar refractivity (Wildman–Crippen MR) is 153 cm³/mol. The van der Waals surface area contributed by atoms with Crippen molar-refractivity contribution in [2.75, 3.05) is 13.2 Å². The lowest BCUT2D eigenvalue weighted by Crippen LogP contribution is -2.22. The summed E-state index contributed by atoms with van der Waals surface area (Å²) >= 11 is 0. The zero-order valence-electron chi connectivity index (χ0n) is 23.4. The Labute approximate surface area is 217 Å². The molecule has 0 aliphatic rings. The van der Waals surface area contributed by atoms with Crippen LogP contribution in [0.5, 0.6) is 0 Å². The Hall–Kier alpha value is -1.64. The summed E-state index contributed by atoms with van der Waals surface area (Å²) in [6.07, 6.45) is 16.0. The molecule has 35 heavy (non-hydrogen) atoms. The third-order valence-corrected chi connectivity index (χ3v) is 6.21. The van der Waals surface area contributed by atoms with Gasteiger partial charge in [0, 0.05) is 6.61 Å². The van der Waals surface area contributed by atoms with E-state index in [4.69, 9.17) is 9.47 Å². The monoisotopic (exact) mass is 482 g/mol. The van der Waals surface area contributed by atoms with Gasteiger partial charge in [-0.3, -0.25) is 0 Å². The Morgan fingerprint density at radius 2 is 1.09 bits per heavy atom. The average molecular weight is 483 g/mol. The number of hydrogen-bond donors (Lipinski definition) is 0. The molecule has 0 N–H and O–H groups in total. The van der Waals surface area contributed by atoms with Crippen molar-refractivity contribution >= 4 is 0 Å². The van der Waals surface area contributed by atoms with E-state index in [2.05, 4.69) is 68.4 Å². The molecule has 1 atom stereocenters. The topological polar surface area (TPSA) is 18.5 Å². The Bertz CT molecular complexity index is 668. The SMILES string of the molecule is CC.CC(C)CC(COCCCCCCCCCCCCc1ccccc1)OCc1ccccc1. The smallest absolute Gasteiger partial charge is 0.0815 e. The molecule has 2 nitrogen and oxygen atoms in total. The predicted octanol–water partition coefficient (Wildman–Crippen LogP) is 9.80. The van der Waals surface area contributed by atoms with E-state index in [1.165, 1.54) is 81.8 Å². The van der Waals surface area contributed by atoms with Crippen LogP contribution in [0.3, 0.4) is 0 Å². The van der Waals surface area contributed by atoms with Crippen LogP contribution in [0.25, 0.3) is 0 Å². The second-order valence-electron chi connectivity index (χ2n) is 9.89. The molecule has 0 saturated heterocycles. The van der Waals surface area contributed by atoms with Crippen molar-refractivity contribution in [2.24, 2.45) is 5.92 Å². The summed E-state index contributed by atoms with van der Waals surface area (Å²) in [5.41, 5.74) is 2.72. The largest absolute Gasteiger partial charge is 0.379 e. The summed E-state index contributed by atoms with van der Waals surface area (Å²) in [5.74, 6) is 0.623. The maximum atomic E-state index is 6.14. The zero-order valence-corrected chi connectivity index (χ0v) is 23.4. The molecule has 1 unspecified atom stereocenters. The summed E-state index contributed by atoms with van der Waals surface area (Å²) < 4.78 is 12.1. The number of ether oxygens (including phenoxy) is 2. The van der Waals surface area contributed by atoms with Crippen LogP contribution >= 0.6 is 0 Å². The van der Waals surface area contributed by atoms with Gasteiger partial charge >= 0.3 is 0 Å². The first kappa shape index (κ1) is 31.4. The molecule has 2 heteroatoms. The average Bonchev–Trinajstić information content (AvgIpc) is 2.89. The molecule has 0 aromatic heterocycles. The van der Waals surface area contributed by atoms with Crippen LogP contribution in [0.1, 0.15) is 109 Å². The minimum absolute atomic E-state index is 0.192. The van der Waals surface area contributed by atoms with Crippen LogP contribution < -0.4 is 0 Å². The van der Waals surface area contributed by atoms with E-state index in [1.54, 1.807) is 0 Å². The number of rotatable bonds is 20. The van der Waals surface area contributed by atoms with Gasteiger partial charge in [-0.25, -0.2) is 0 Å². The molecule has 0 saturated carbocycles. The highest BCUT2D eigenvalue weighted by Gasteiger charge is 2.12. The number of benzene rings is 2. The minimum Gasteiger partial charge on any atom is -0.379 e. The van der Waals surface area contributed by atoms with Crippen molar-refractivity contribution in [3.05, 3.63) is 71.8 Å². The molecule has 0 amide bonds. The summed E-state index contributed by atoms with van der Waals surface area (Å²) in [5, 5.41) is 0. The summed E-state index contributed by atoms with van der Waals surface area (Å²) in [4.78, 5) is 0. The highest BCUT2D eigenvalue weighted by Crippen LogP contribution is 2.14. The van der Waals surface area contributed by atoms with Gasteiger partial charge in [0.05, 0.1) is 19.3 Å². The molecule has 0 bridgehead atoms. The van der Waals surface area contributed by atoms with Crippen LogP contribution in [0, 0.1) is 5.92 Å². The van der Waals surface area contributed by atoms with E-state index >= 15 is 0 Å². The van der Waals surface area contributed by atoms with Crippen molar-refractivity contribution in [1.82, 2.24) is 0 Å². The van der Waals surface area contributed by atoms with Gasteiger partial charge in [-0.05, 0) is 42.7 Å². The van der Waals surface area contributed by atoms with Crippen LogP contribution in [0.4, 0.5) is 0 Å². The molecule has 198 valence electrons. The third kappa shape index (κ3) is 18.3. The van der Waals surface area contributed by atoms with Crippen LogP contribution in [0.2, 0.25) is 0 Å². The molecule has 2 rings (SSSR count). The van der Waals surface area contributed by atoms with Gasteiger partial charge < -0.3 is 9.47 Å². The van der Waals surface area contributed by atoms with Crippen LogP contribution in [0.15, 0.2) is 60.7 Å². The number of hydrogen-bond acceptors (Lipinski definition) is 2. The maximum Gasteiger partial charge on any atom is 0.0815 e. The first-order chi connectivity index (χ1) is 17.2. The number of aryl methyl sites for hydroxylation is 1. The quantitative estimate of drug-likeness (QED) is 0.175. The van der Waals surface area contributed by atoms with E-state index < -0.39 is 0 Å². The summed E-state index contributed by atoms with van der Waals surface area (Å²) in [6, 6.07) is 21.3. The van der Waals surface area contributed by atoms with E-state index in [9.17, 15) is 0 Å². The van der Waals surface area contributed by atoms with Crippen molar-refractivity contribution in [2.45, 2.75) is 117 Å². The van der Waals surface area contributed by atoms with Gasteiger partial charge in [-0.15, -0.1) is 0 Å². The van der Waals surface area contributed by atoms with Crippen LogP contribution in [-0.2, 0) is 22.5 Å². The fourth-order valence-corrected chi connectivity index (χ4v) is 4.31. The second-order valence-corrected chi connectivity index (χ2v) is 9.89. The van der Waals surface area contributed by atoms with E-state index in [1.807, 2.05) is 19.9 Å². The minimum atomic E-state index is 0.192. The van der Waals surface area contributed by atoms with Gasteiger partial charge in [0.15, 0.2) is 0 Å². The molecule has 2 aromatic rings. The lowest BCUT2D eigenvalue weighted by Gasteiger charge is -2.20. The Morgan fingerprint density at radius 3 is 1.63 bits per heavy atom. The van der Waals surface area contributed by atoms with Gasteiger partial charge in [-0.2, -0.15) is 0 Å². The summed E-state index contributed by atoms with van der Waals surface area (Å²) in [7, 11) is 0. The third-order valence-electron chi connectivity index (χ3n) is 6.21. The maximum absolute atomic E-state index is 6.14. The van der Waals surface area contributed by atoms with Crippen molar-refractivity contribution in [3.8, 4) is 0 Å². The highest BCUT2D eigenvalue weighted by molar-refractivity contribution is 5.14. The van der Waals surface area contributed by atoms with Gasteiger partial charge in [0.25, 0.3) is 0 Å². The first-order valence-electron chi connectivity index (χ1n) is 14.5. The normalized spacial score (nSPS) is 11.8. The molecule has 0 aliphatic carbocycles. The fraction of sp³-hybridized carbons (Fsp3) is 0.636. The molecular formula is C33H54O2. The van der Waals surface area contributed by atoms with Crippen molar-refractivity contribution in [1.29, 1.82) is 0 Å². The molecule has 0 fully saturated rings. The standard InChI is InChI=1S/C31H48O2.C2H6/c1-28(2)25-31(33-26-30-22-16-12-17-23-30)27-32-24-18-10-8-6-4-3-5-7-9-13-19-29-20-14-11-15-21-29;1-2/h11-12,14-17,20-23,28,31H,3-10,13,18-19,24-27H2,1-2H3;1-2H3. The Kier molecular flexibility index (Phi) is 20.4. The Balaban J connectivity index is 0.00000298. The first-order valence-corrected chi connectivity index (χ1v) is 14.5. The van der Waals surface area contributed by atoms with Gasteiger partial charge in [0.2, 0.25) is 0 Å². The summed E-state index contributed by atoms with van der Waals surface area (Å²) in [6.45, 7) is 10.8. The van der Waals surface area contributed by atoms with E-state index in [0.29, 0.717) is 12.5 Å². The lowest BCUT2D eigenvalue weighted by atomic mass is 10.0. The lowest BCUT2D eigenvalue weighted by molar-refractivity contribution is -0.0346. The van der Waals surface area contributed by atoms with Gasteiger partial charge in [-0.1, -0.05) is 140 Å². The Morgan fingerprint density at radius 1 is 0.600 bits per heavy atom. The molecule has 0 spiro atoms. The van der Waals surface area contributed by atoms with E-state index in [-0.39, 0.29) is 6.10 Å². The van der Waals surface area contributed by atoms with Gasteiger partial charge in [0.1, 0.15) is 0 Å². The van der Waals surface area contributed by atoms with Crippen molar-refractivity contribution < 1.29 is 9.47 Å². The molecule has 0 radical (unpaired) electrons. The van der Waals surface area contributed by atoms with Crippen molar-refractivity contribution in [3.63, 3.8) is 0 Å². The molecular weight excluding hydrogens is 428 g/mol. The zero-order chi connectivity index (χ0) is 25.4. The second kappa shape index (κ2) is 22.8. The highest BCUT2D eigenvalue weighted by atomic mass is 16.5. The van der Waals surface area contributed by atoms with E-state index in [0.717, 1.165) is 19.6 Å². The molecule has 0 heterocycles. The molecule has 2 aromatic carbocycles. The molecule has 0 aliphatic heterocycles. The number of unbranched alkanes of at least 4 members (excludes halogenated alkanes) is 9. The van der Waals surface area contributed by atoms with Crippen LogP contribution in [-0.4, -0.2) is 19.3 Å².